The summed E-state index contributed by atoms with van der Waals surface area (Å²) in [6, 6.07) is 4.14. The van der Waals surface area contributed by atoms with Crippen LogP contribution in [0.15, 0.2) is 23.4 Å². The Bertz CT molecular complexity index is 332. The van der Waals surface area contributed by atoms with Crippen molar-refractivity contribution in [3.8, 4) is 0 Å². The minimum atomic E-state index is -0.120. The molecule has 0 atom stereocenters. The predicted molar refractivity (Wildman–Crippen MR) is 65.0 cm³/mol. The first-order valence-corrected chi connectivity index (χ1v) is 6.77. The molecule has 15 heavy (non-hydrogen) atoms. The Morgan fingerprint density at radius 3 is 2.73 bits per heavy atom. The highest BCUT2D eigenvalue weighted by Gasteiger charge is 2.31. The van der Waals surface area contributed by atoms with Crippen molar-refractivity contribution in [3.63, 3.8) is 0 Å². The fraction of sp³-hybridized carbons (Fsp3) is 0.583. The molecule has 2 nitrogen and oxygen atoms in total. The van der Waals surface area contributed by atoms with Crippen LogP contribution >= 0.6 is 11.8 Å². The van der Waals surface area contributed by atoms with E-state index < -0.39 is 0 Å². The van der Waals surface area contributed by atoms with Crippen molar-refractivity contribution in [2.24, 2.45) is 5.73 Å². The molecule has 2 rings (SSSR count). The third-order valence-electron chi connectivity index (χ3n) is 3.25. The molecule has 82 valence electrons. The lowest BCUT2D eigenvalue weighted by Gasteiger charge is -2.34. The number of rotatable bonds is 2. The van der Waals surface area contributed by atoms with E-state index in [0.29, 0.717) is 0 Å². The predicted octanol–water partition coefficient (Wildman–Crippen LogP) is 2.92. The molecule has 0 bridgehead atoms. The number of hydrogen-bond donors (Lipinski definition) is 1. The van der Waals surface area contributed by atoms with Gasteiger partial charge in [-0.3, -0.25) is 0 Å². The molecule has 1 saturated carbocycles. The Labute approximate surface area is 95.7 Å². The van der Waals surface area contributed by atoms with E-state index in [4.69, 9.17) is 5.73 Å². The Morgan fingerprint density at radius 2 is 2.07 bits per heavy atom. The van der Waals surface area contributed by atoms with Crippen molar-refractivity contribution in [3.05, 3.63) is 23.9 Å². The lowest BCUT2D eigenvalue weighted by molar-refractivity contribution is 0.296. The van der Waals surface area contributed by atoms with Gasteiger partial charge in [-0.25, -0.2) is 4.98 Å². The molecule has 0 spiro atoms. The van der Waals surface area contributed by atoms with Gasteiger partial charge in [-0.05, 0) is 25.2 Å². The number of nitrogens with two attached hydrogens (primary N) is 1. The number of pyridine rings is 1. The number of thioether (sulfide) groups is 1. The Hall–Kier alpha value is -0.540. The second-order valence-electron chi connectivity index (χ2n) is 4.28. The van der Waals surface area contributed by atoms with Gasteiger partial charge in [0, 0.05) is 17.3 Å². The summed E-state index contributed by atoms with van der Waals surface area (Å²) < 4.78 is 0. The molecule has 1 aromatic rings. The summed E-state index contributed by atoms with van der Waals surface area (Å²) in [4.78, 5) is 4.40. The molecule has 0 aliphatic heterocycles. The molecule has 1 fully saturated rings. The molecule has 0 aromatic carbocycles. The zero-order valence-corrected chi connectivity index (χ0v) is 10.0. The lowest BCUT2D eigenvalue weighted by Crippen LogP contribution is -2.39. The molecule has 3 heteroatoms. The molecule has 0 amide bonds. The van der Waals surface area contributed by atoms with Crippen molar-refractivity contribution in [1.82, 2.24) is 4.98 Å². The maximum atomic E-state index is 6.50. The van der Waals surface area contributed by atoms with Gasteiger partial charge in [0.15, 0.2) is 0 Å². The summed E-state index contributed by atoms with van der Waals surface area (Å²) in [5, 5.41) is 1.10. The van der Waals surface area contributed by atoms with Gasteiger partial charge in [0.1, 0.15) is 5.03 Å². The number of hydrogen-bond acceptors (Lipinski definition) is 3. The molecule has 1 aromatic heterocycles. The van der Waals surface area contributed by atoms with E-state index >= 15 is 0 Å². The van der Waals surface area contributed by atoms with Gasteiger partial charge in [0.25, 0.3) is 0 Å². The molecule has 0 unspecified atom stereocenters. The molecule has 1 aliphatic rings. The molecule has 0 saturated heterocycles. The van der Waals surface area contributed by atoms with E-state index in [9.17, 15) is 0 Å². The topological polar surface area (TPSA) is 38.9 Å². The summed E-state index contributed by atoms with van der Waals surface area (Å²) in [6.45, 7) is 0. The van der Waals surface area contributed by atoms with Crippen LogP contribution in [0.25, 0.3) is 0 Å². The first-order chi connectivity index (χ1) is 7.26. The molecule has 1 heterocycles. The van der Waals surface area contributed by atoms with E-state index in [0.717, 1.165) is 17.9 Å². The summed E-state index contributed by atoms with van der Waals surface area (Å²) in [5.74, 6) is 0. The van der Waals surface area contributed by atoms with Gasteiger partial charge >= 0.3 is 0 Å². The van der Waals surface area contributed by atoms with Crippen LogP contribution < -0.4 is 5.73 Å². The van der Waals surface area contributed by atoms with Gasteiger partial charge in [-0.2, -0.15) is 0 Å². The minimum Gasteiger partial charge on any atom is -0.321 e. The smallest absolute Gasteiger partial charge is 0.101 e. The van der Waals surface area contributed by atoms with Gasteiger partial charge in [-0.1, -0.05) is 25.3 Å². The van der Waals surface area contributed by atoms with E-state index in [1.807, 2.05) is 12.3 Å². The Balaban J connectivity index is 2.34. The summed E-state index contributed by atoms with van der Waals surface area (Å²) in [5.41, 5.74) is 7.63. The van der Waals surface area contributed by atoms with E-state index in [1.165, 1.54) is 24.8 Å². The third-order valence-corrected chi connectivity index (χ3v) is 3.96. The fourth-order valence-corrected chi connectivity index (χ4v) is 3.04. The average Bonchev–Trinajstić information content (AvgIpc) is 2.30. The highest BCUT2D eigenvalue weighted by atomic mass is 32.2. The van der Waals surface area contributed by atoms with Crippen molar-refractivity contribution in [2.75, 3.05) is 6.26 Å². The first kappa shape index (κ1) is 11.0. The largest absolute Gasteiger partial charge is 0.321 e. The van der Waals surface area contributed by atoms with E-state index in [1.54, 1.807) is 11.8 Å². The highest BCUT2D eigenvalue weighted by molar-refractivity contribution is 7.98. The molecular weight excluding hydrogens is 204 g/mol. The minimum absolute atomic E-state index is 0.120. The maximum absolute atomic E-state index is 6.50. The Morgan fingerprint density at radius 1 is 1.33 bits per heavy atom. The van der Waals surface area contributed by atoms with Crippen LogP contribution in [-0.2, 0) is 5.54 Å². The monoisotopic (exact) mass is 222 g/mol. The van der Waals surface area contributed by atoms with Crippen LogP contribution in [0, 0.1) is 0 Å². The van der Waals surface area contributed by atoms with Gasteiger partial charge in [0.2, 0.25) is 0 Å². The van der Waals surface area contributed by atoms with Crippen LogP contribution in [0.5, 0.6) is 0 Å². The van der Waals surface area contributed by atoms with Crippen molar-refractivity contribution >= 4 is 11.8 Å². The second kappa shape index (κ2) is 4.54. The zero-order chi connectivity index (χ0) is 10.7. The Kier molecular flexibility index (Phi) is 3.32. The van der Waals surface area contributed by atoms with E-state index in [2.05, 4.69) is 17.3 Å². The SMILES string of the molecule is CSc1ncccc1C1(N)CCCCC1. The van der Waals surface area contributed by atoms with Crippen LogP contribution in [-0.4, -0.2) is 11.2 Å². The summed E-state index contributed by atoms with van der Waals surface area (Å²) in [7, 11) is 0. The van der Waals surface area contributed by atoms with Crippen molar-refractivity contribution < 1.29 is 0 Å². The molecule has 2 N–H and O–H groups in total. The fourth-order valence-electron chi connectivity index (χ4n) is 2.38. The van der Waals surface area contributed by atoms with Crippen LogP contribution in [0.4, 0.5) is 0 Å². The van der Waals surface area contributed by atoms with Crippen LogP contribution in [0.2, 0.25) is 0 Å². The second-order valence-corrected chi connectivity index (χ2v) is 5.07. The standard InChI is InChI=1S/C12H18N2S/c1-15-11-10(6-5-9-14-11)12(13)7-3-2-4-8-12/h5-6,9H,2-4,7-8,13H2,1H3. The zero-order valence-electron chi connectivity index (χ0n) is 9.20. The van der Waals surface area contributed by atoms with E-state index in [-0.39, 0.29) is 5.54 Å². The molecular formula is C12H18N2S. The van der Waals surface area contributed by atoms with Crippen LogP contribution in [0.1, 0.15) is 37.7 Å². The van der Waals surface area contributed by atoms with Gasteiger partial charge < -0.3 is 5.73 Å². The lowest BCUT2D eigenvalue weighted by atomic mass is 9.78. The number of aromatic nitrogens is 1. The third kappa shape index (κ3) is 2.18. The molecule has 0 radical (unpaired) electrons. The number of nitrogens with zero attached hydrogens (tertiary/aromatic N) is 1. The maximum Gasteiger partial charge on any atom is 0.101 e. The quantitative estimate of drug-likeness (QED) is 0.782. The van der Waals surface area contributed by atoms with Gasteiger partial charge in [0.05, 0.1) is 0 Å². The van der Waals surface area contributed by atoms with Crippen molar-refractivity contribution in [2.45, 2.75) is 42.7 Å². The highest BCUT2D eigenvalue weighted by Crippen LogP contribution is 2.37. The van der Waals surface area contributed by atoms with Crippen LogP contribution in [0.3, 0.4) is 0 Å². The van der Waals surface area contributed by atoms with Crippen molar-refractivity contribution in [1.29, 1.82) is 0 Å². The molecule has 1 aliphatic carbocycles. The van der Waals surface area contributed by atoms with Gasteiger partial charge in [-0.15, -0.1) is 11.8 Å². The summed E-state index contributed by atoms with van der Waals surface area (Å²) in [6.07, 6.45) is 9.95. The normalized spacial score (nSPS) is 20.1. The first-order valence-electron chi connectivity index (χ1n) is 5.55. The average molecular weight is 222 g/mol. The summed E-state index contributed by atoms with van der Waals surface area (Å²) >= 11 is 1.70.